The number of rotatable bonds is 6. The van der Waals surface area contributed by atoms with Gasteiger partial charge in [0.25, 0.3) is 5.91 Å². The number of hydrogen-bond donors (Lipinski definition) is 1. The van der Waals surface area contributed by atoms with Crippen molar-refractivity contribution in [2.24, 2.45) is 0 Å². The van der Waals surface area contributed by atoms with Crippen LogP contribution in [-0.4, -0.2) is 28.4 Å². The second-order valence-electron chi connectivity index (χ2n) is 5.55. The summed E-state index contributed by atoms with van der Waals surface area (Å²) in [5, 5.41) is 1.01. The van der Waals surface area contributed by atoms with E-state index in [0.717, 1.165) is 29.4 Å². The quantitative estimate of drug-likeness (QED) is 0.786. The Balaban J connectivity index is 2.22. The minimum absolute atomic E-state index is 0.133. The van der Waals surface area contributed by atoms with E-state index in [4.69, 9.17) is 0 Å². The number of H-pyrrole nitrogens is 1. The van der Waals surface area contributed by atoms with Crippen molar-refractivity contribution in [3.8, 4) is 0 Å². The first-order valence-electron chi connectivity index (χ1n) is 7.52. The number of carbonyl (C=O) groups is 1. The van der Waals surface area contributed by atoms with Gasteiger partial charge < -0.3 is 9.88 Å². The molecular weight excluding hydrogens is 248 g/mol. The lowest BCUT2D eigenvalue weighted by atomic mass is 10.1. The zero-order valence-corrected chi connectivity index (χ0v) is 12.6. The second kappa shape index (κ2) is 6.60. The molecule has 2 aromatic rings. The fourth-order valence-corrected chi connectivity index (χ4v) is 2.53. The van der Waals surface area contributed by atoms with Gasteiger partial charge >= 0.3 is 0 Å². The molecule has 0 aliphatic carbocycles. The van der Waals surface area contributed by atoms with E-state index in [1.807, 2.05) is 35.4 Å². The lowest BCUT2D eigenvalue weighted by Gasteiger charge is -2.26. The van der Waals surface area contributed by atoms with Gasteiger partial charge in [0.05, 0.1) is 5.56 Å². The third kappa shape index (κ3) is 3.03. The largest absolute Gasteiger partial charge is 0.360 e. The average Bonchev–Trinajstić information content (AvgIpc) is 2.86. The maximum atomic E-state index is 12.8. The summed E-state index contributed by atoms with van der Waals surface area (Å²) >= 11 is 0. The lowest BCUT2D eigenvalue weighted by Crippen LogP contribution is -2.37. The summed E-state index contributed by atoms with van der Waals surface area (Å²) in [6, 6.07) is 8.19. The number of unbranched alkanes of at least 4 members (excludes halogenated alkanes) is 2. The number of amides is 1. The van der Waals surface area contributed by atoms with Crippen LogP contribution in [0.4, 0.5) is 0 Å². The molecule has 0 atom stereocenters. The van der Waals surface area contributed by atoms with E-state index in [-0.39, 0.29) is 11.9 Å². The van der Waals surface area contributed by atoms with Crippen LogP contribution in [0.15, 0.2) is 30.5 Å². The minimum atomic E-state index is 0.133. The Morgan fingerprint density at radius 2 is 2.00 bits per heavy atom. The summed E-state index contributed by atoms with van der Waals surface area (Å²) in [4.78, 5) is 17.9. The molecule has 0 saturated carbocycles. The fourth-order valence-electron chi connectivity index (χ4n) is 2.53. The second-order valence-corrected chi connectivity index (χ2v) is 5.55. The highest BCUT2D eigenvalue weighted by atomic mass is 16.2. The number of aromatic amines is 1. The molecule has 0 saturated heterocycles. The minimum Gasteiger partial charge on any atom is -0.360 e. The maximum Gasteiger partial charge on any atom is 0.256 e. The highest BCUT2D eigenvalue weighted by Gasteiger charge is 2.20. The Labute approximate surface area is 121 Å². The normalized spacial score (nSPS) is 11.2. The third-order valence-electron chi connectivity index (χ3n) is 3.71. The van der Waals surface area contributed by atoms with Crippen LogP contribution in [-0.2, 0) is 0 Å². The Bertz CT molecular complexity index is 571. The Hall–Kier alpha value is -1.77. The van der Waals surface area contributed by atoms with Crippen LogP contribution < -0.4 is 0 Å². The number of nitrogens with zero attached hydrogens (tertiary/aromatic N) is 1. The van der Waals surface area contributed by atoms with Crippen LogP contribution >= 0.6 is 0 Å². The van der Waals surface area contributed by atoms with Gasteiger partial charge in [-0.1, -0.05) is 38.0 Å². The molecule has 1 amide bonds. The van der Waals surface area contributed by atoms with E-state index in [2.05, 4.69) is 25.8 Å². The number of nitrogens with one attached hydrogen (secondary N) is 1. The van der Waals surface area contributed by atoms with Gasteiger partial charge in [-0.25, -0.2) is 0 Å². The highest BCUT2D eigenvalue weighted by molar-refractivity contribution is 6.06. The topological polar surface area (TPSA) is 36.1 Å². The van der Waals surface area contributed by atoms with Crippen molar-refractivity contribution in [1.82, 2.24) is 9.88 Å². The van der Waals surface area contributed by atoms with Crippen LogP contribution in [0, 0.1) is 0 Å². The van der Waals surface area contributed by atoms with Crippen molar-refractivity contribution < 1.29 is 4.79 Å². The van der Waals surface area contributed by atoms with Crippen LogP contribution in [0.3, 0.4) is 0 Å². The Morgan fingerprint density at radius 1 is 1.25 bits per heavy atom. The molecule has 3 heteroatoms. The predicted molar refractivity (Wildman–Crippen MR) is 84.0 cm³/mol. The molecule has 1 heterocycles. The molecule has 108 valence electrons. The summed E-state index contributed by atoms with van der Waals surface area (Å²) in [7, 11) is 0. The van der Waals surface area contributed by atoms with E-state index in [1.165, 1.54) is 12.8 Å². The molecule has 1 aromatic heterocycles. The molecular formula is C17H24N2O. The molecule has 20 heavy (non-hydrogen) atoms. The van der Waals surface area contributed by atoms with Crippen molar-refractivity contribution in [2.45, 2.75) is 46.1 Å². The van der Waals surface area contributed by atoms with Gasteiger partial charge in [0, 0.05) is 29.7 Å². The van der Waals surface area contributed by atoms with Crippen molar-refractivity contribution in [3.63, 3.8) is 0 Å². The van der Waals surface area contributed by atoms with Gasteiger partial charge in [0.1, 0.15) is 0 Å². The van der Waals surface area contributed by atoms with E-state index >= 15 is 0 Å². The number of benzene rings is 1. The van der Waals surface area contributed by atoms with E-state index < -0.39 is 0 Å². The van der Waals surface area contributed by atoms with E-state index in [1.54, 1.807) is 0 Å². The molecule has 1 N–H and O–H groups in total. The van der Waals surface area contributed by atoms with Gasteiger partial charge in [-0.3, -0.25) is 4.79 Å². The monoisotopic (exact) mass is 272 g/mol. The molecule has 0 bridgehead atoms. The molecule has 0 unspecified atom stereocenters. The average molecular weight is 272 g/mol. The van der Waals surface area contributed by atoms with Crippen LogP contribution in [0.25, 0.3) is 10.9 Å². The van der Waals surface area contributed by atoms with Gasteiger partial charge in [0.15, 0.2) is 0 Å². The standard InChI is InChI=1S/C17H24N2O/c1-4-5-8-11-19(13(2)3)17(20)15-12-18-16-10-7-6-9-14(15)16/h6-7,9-10,12-13,18H,4-5,8,11H2,1-3H3. The summed E-state index contributed by atoms with van der Waals surface area (Å²) in [6.45, 7) is 7.18. The van der Waals surface area contributed by atoms with Crippen molar-refractivity contribution in [3.05, 3.63) is 36.0 Å². The van der Waals surface area contributed by atoms with Crippen molar-refractivity contribution in [2.75, 3.05) is 6.54 Å². The summed E-state index contributed by atoms with van der Waals surface area (Å²) in [5.41, 5.74) is 1.80. The van der Waals surface area contributed by atoms with E-state index in [9.17, 15) is 4.79 Å². The fraction of sp³-hybridized carbons (Fsp3) is 0.471. The summed E-state index contributed by atoms with van der Waals surface area (Å²) < 4.78 is 0. The molecule has 0 spiro atoms. The number of para-hydroxylation sites is 1. The third-order valence-corrected chi connectivity index (χ3v) is 3.71. The van der Waals surface area contributed by atoms with Crippen LogP contribution in [0.5, 0.6) is 0 Å². The zero-order chi connectivity index (χ0) is 14.5. The molecule has 3 nitrogen and oxygen atoms in total. The number of hydrogen-bond acceptors (Lipinski definition) is 1. The maximum absolute atomic E-state index is 12.8. The van der Waals surface area contributed by atoms with Crippen LogP contribution in [0.2, 0.25) is 0 Å². The highest BCUT2D eigenvalue weighted by Crippen LogP contribution is 2.20. The number of fused-ring (bicyclic) bond motifs is 1. The van der Waals surface area contributed by atoms with Gasteiger partial charge in [-0.15, -0.1) is 0 Å². The molecule has 2 rings (SSSR count). The van der Waals surface area contributed by atoms with Crippen LogP contribution in [0.1, 0.15) is 50.4 Å². The smallest absolute Gasteiger partial charge is 0.256 e. The summed E-state index contributed by atoms with van der Waals surface area (Å²) in [6.07, 6.45) is 5.25. The van der Waals surface area contributed by atoms with Crippen molar-refractivity contribution >= 4 is 16.8 Å². The van der Waals surface area contributed by atoms with Gasteiger partial charge in [-0.05, 0) is 26.3 Å². The van der Waals surface area contributed by atoms with Crippen molar-refractivity contribution in [1.29, 1.82) is 0 Å². The SMILES string of the molecule is CCCCCN(C(=O)c1c[nH]c2ccccc12)C(C)C. The number of carbonyl (C=O) groups excluding carboxylic acids is 1. The zero-order valence-electron chi connectivity index (χ0n) is 12.6. The Kier molecular flexibility index (Phi) is 4.83. The first kappa shape index (κ1) is 14.6. The molecule has 0 aliphatic heterocycles. The summed E-state index contributed by atoms with van der Waals surface area (Å²) in [5.74, 6) is 0.133. The molecule has 0 fully saturated rings. The first-order valence-corrected chi connectivity index (χ1v) is 7.52. The number of aromatic nitrogens is 1. The molecule has 1 aromatic carbocycles. The van der Waals surface area contributed by atoms with Gasteiger partial charge in [0.2, 0.25) is 0 Å². The Morgan fingerprint density at radius 3 is 2.70 bits per heavy atom. The predicted octanol–water partition coefficient (Wildman–Crippen LogP) is 4.21. The van der Waals surface area contributed by atoms with Gasteiger partial charge in [-0.2, -0.15) is 0 Å². The molecule has 0 aliphatic rings. The lowest BCUT2D eigenvalue weighted by molar-refractivity contribution is 0.0704. The van der Waals surface area contributed by atoms with E-state index in [0.29, 0.717) is 0 Å². The molecule has 0 radical (unpaired) electrons. The first-order chi connectivity index (χ1) is 9.65.